The first kappa shape index (κ1) is 12.4. The molecule has 0 saturated heterocycles. The summed E-state index contributed by atoms with van der Waals surface area (Å²) in [4.78, 5) is 0. The number of rotatable bonds is 2. The molecule has 0 bridgehead atoms. The lowest BCUT2D eigenvalue weighted by atomic mass is 10.2. The molecule has 0 saturated carbocycles. The smallest absolute Gasteiger partial charge is 0.129 e. The minimum Gasteiger partial charge on any atom is -0.457 e. The van der Waals surface area contributed by atoms with Crippen molar-refractivity contribution in [1.29, 1.82) is 5.26 Å². The minimum atomic E-state index is 0.569. The van der Waals surface area contributed by atoms with Crippen molar-refractivity contribution < 1.29 is 4.74 Å². The fraction of sp³-hybridized carbons (Fsp3) is 0. The number of nitrogens with zero attached hydrogens (tertiary/aromatic N) is 1. The predicted molar refractivity (Wildman–Crippen MR) is 78.1 cm³/mol. The van der Waals surface area contributed by atoms with Crippen molar-refractivity contribution in [2.75, 3.05) is 0 Å². The van der Waals surface area contributed by atoms with E-state index in [1.54, 1.807) is 12.1 Å². The fourth-order valence-corrected chi connectivity index (χ4v) is 2.34. The summed E-state index contributed by atoms with van der Waals surface area (Å²) < 4.78 is 7.63. The lowest BCUT2D eigenvalue weighted by Crippen LogP contribution is -1.86. The molecule has 2 rings (SSSR count). The first-order valence-electron chi connectivity index (χ1n) is 4.81. The van der Waals surface area contributed by atoms with E-state index in [-0.39, 0.29) is 0 Å². The van der Waals surface area contributed by atoms with Crippen molar-refractivity contribution in [2.24, 2.45) is 0 Å². The first-order valence-corrected chi connectivity index (χ1v) is 6.68. The molecular weight excluding hydrogens is 393 g/mol. The van der Waals surface area contributed by atoms with Gasteiger partial charge in [0, 0.05) is 8.04 Å². The Balaban J connectivity index is 2.30. The molecule has 0 aromatic heterocycles. The summed E-state index contributed by atoms with van der Waals surface area (Å²) in [6, 6.07) is 15.1. The monoisotopic (exact) mass is 399 g/mol. The SMILES string of the molecule is N#Cc1cc(Br)cc(Oc2cccc(I)c2)c1. The Hall–Kier alpha value is -1.06. The molecule has 0 aliphatic rings. The van der Waals surface area contributed by atoms with Crippen molar-refractivity contribution >= 4 is 38.5 Å². The molecule has 84 valence electrons. The molecule has 0 spiro atoms. The van der Waals surface area contributed by atoms with Crippen LogP contribution in [-0.2, 0) is 0 Å². The summed E-state index contributed by atoms with van der Waals surface area (Å²) in [5.74, 6) is 1.41. The average molecular weight is 400 g/mol. The lowest BCUT2D eigenvalue weighted by molar-refractivity contribution is 0.482. The third kappa shape index (κ3) is 3.45. The van der Waals surface area contributed by atoms with Crippen LogP contribution in [0.2, 0.25) is 0 Å². The van der Waals surface area contributed by atoms with Crippen LogP contribution < -0.4 is 4.74 Å². The molecule has 0 heterocycles. The fourth-order valence-electron chi connectivity index (χ4n) is 1.35. The van der Waals surface area contributed by atoms with E-state index in [2.05, 4.69) is 44.6 Å². The van der Waals surface area contributed by atoms with Gasteiger partial charge in [0.2, 0.25) is 0 Å². The molecule has 0 fully saturated rings. The van der Waals surface area contributed by atoms with E-state index in [4.69, 9.17) is 10.00 Å². The molecule has 4 heteroatoms. The number of ether oxygens (including phenoxy) is 1. The lowest BCUT2D eigenvalue weighted by Gasteiger charge is -2.06. The van der Waals surface area contributed by atoms with Gasteiger partial charge in [-0.1, -0.05) is 22.0 Å². The molecule has 0 unspecified atom stereocenters. The van der Waals surface area contributed by atoms with Gasteiger partial charge >= 0.3 is 0 Å². The summed E-state index contributed by atoms with van der Waals surface area (Å²) in [7, 11) is 0. The predicted octanol–water partition coefficient (Wildman–Crippen LogP) is 4.72. The summed E-state index contributed by atoms with van der Waals surface area (Å²) in [5.41, 5.74) is 0.569. The zero-order valence-corrected chi connectivity index (χ0v) is 12.4. The Morgan fingerprint density at radius 2 is 1.94 bits per heavy atom. The molecule has 17 heavy (non-hydrogen) atoms. The molecule has 2 aromatic rings. The minimum absolute atomic E-state index is 0.569. The summed E-state index contributed by atoms with van der Waals surface area (Å²) in [6.45, 7) is 0. The highest BCUT2D eigenvalue weighted by Gasteiger charge is 2.02. The highest BCUT2D eigenvalue weighted by atomic mass is 127. The standard InChI is InChI=1S/C13H7BrINO/c14-10-4-9(8-16)5-13(6-10)17-12-3-1-2-11(15)7-12/h1-7H. The van der Waals surface area contributed by atoms with Crippen molar-refractivity contribution in [2.45, 2.75) is 0 Å². The third-order valence-corrected chi connectivity index (χ3v) is 3.16. The van der Waals surface area contributed by atoms with Crippen LogP contribution in [0.25, 0.3) is 0 Å². The summed E-state index contributed by atoms with van der Waals surface area (Å²) >= 11 is 5.58. The molecule has 0 radical (unpaired) electrons. The second-order valence-corrected chi connectivity index (χ2v) is 5.51. The van der Waals surface area contributed by atoms with Crippen molar-refractivity contribution in [1.82, 2.24) is 0 Å². The van der Waals surface area contributed by atoms with Gasteiger partial charge < -0.3 is 4.74 Å². The Kier molecular flexibility index (Phi) is 4.02. The largest absolute Gasteiger partial charge is 0.457 e. The van der Waals surface area contributed by atoms with E-state index in [9.17, 15) is 0 Å². The molecule has 2 nitrogen and oxygen atoms in total. The summed E-state index contributed by atoms with van der Waals surface area (Å²) in [5, 5.41) is 8.87. The van der Waals surface area contributed by atoms with Gasteiger partial charge in [0.25, 0.3) is 0 Å². The zero-order valence-electron chi connectivity index (χ0n) is 8.65. The maximum atomic E-state index is 8.87. The number of benzene rings is 2. The van der Waals surface area contributed by atoms with Crippen molar-refractivity contribution in [3.8, 4) is 17.6 Å². The van der Waals surface area contributed by atoms with Crippen LogP contribution in [0.3, 0.4) is 0 Å². The Labute approximate surface area is 121 Å². The molecular formula is C13H7BrINO. The van der Waals surface area contributed by atoms with Crippen LogP contribution in [0.1, 0.15) is 5.56 Å². The van der Waals surface area contributed by atoms with Crippen LogP contribution in [0.4, 0.5) is 0 Å². The van der Waals surface area contributed by atoms with Gasteiger partial charge in [-0.3, -0.25) is 0 Å². The Morgan fingerprint density at radius 3 is 2.65 bits per heavy atom. The van der Waals surface area contributed by atoms with E-state index in [0.717, 1.165) is 13.8 Å². The van der Waals surface area contributed by atoms with Gasteiger partial charge in [-0.05, 0) is 59.0 Å². The second-order valence-electron chi connectivity index (χ2n) is 3.35. The molecule has 0 atom stereocenters. The second kappa shape index (κ2) is 5.52. The number of hydrogen-bond acceptors (Lipinski definition) is 2. The van der Waals surface area contributed by atoms with Gasteiger partial charge in [-0.2, -0.15) is 5.26 Å². The van der Waals surface area contributed by atoms with E-state index < -0.39 is 0 Å². The Morgan fingerprint density at radius 1 is 1.12 bits per heavy atom. The van der Waals surface area contributed by atoms with Crippen molar-refractivity contribution in [3.63, 3.8) is 0 Å². The van der Waals surface area contributed by atoms with Gasteiger partial charge in [0.15, 0.2) is 0 Å². The highest BCUT2D eigenvalue weighted by Crippen LogP contribution is 2.26. The maximum absolute atomic E-state index is 8.87. The van der Waals surface area contributed by atoms with Gasteiger partial charge in [0.1, 0.15) is 11.5 Å². The van der Waals surface area contributed by atoms with Crippen LogP contribution >= 0.6 is 38.5 Å². The van der Waals surface area contributed by atoms with E-state index in [1.165, 1.54) is 0 Å². The topological polar surface area (TPSA) is 33.0 Å². The number of halogens is 2. The van der Waals surface area contributed by atoms with Gasteiger partial charge in [-0.15, -0.1) is 0 Å². The van der Waals surface area contributed by atoms with E-state index in [1.807, 2.05) is 30.3 Å². The number of hydrogen-bond donors (Lipinski definition) is 0. The van der Waals surface area contributed by atoms with Gasteiger partial charge in [0.05, 0.1) is 11.6 Å². The quantitative estimate of drug-likeness (QED) is 0.684. The van der Waals surface area contributed by atoms with Crippen LogP contribution in [0, 0.1) is 14.9 Å². The molecule has 0 aliphatic heterocycles. The summed E-state index contributed by atoms with van der Waals surface area (Å²) in [6.07, 6.45) is 0. The molecule has 2 aromatic carbocycles. The van der Waals surface area contributed by atoms with Crippen LogP contribution in [0.15, 0.2) is 46.9 Å². The molecule has 0 aliphatic carbocycles. The average Bonchev–Trinajstić information content (AvgIpc) is 2.28. The highest BCUT2D eigenvalue weighted by molar-refractivity contribution is 14.1. The first-order chi connectivity index (χ1) is 8.17. The molecule has 0 N–H and O–H groups in total. The normalized spacial score (nSPS) is 9.71. The molecule has 0 amide bonds. The van der Waals surface area contributed by atoms with Gasteiger partial charge in [-0.25, -0.2) is 0 Å². The third-order valence-electron chi connectivity index (χ3n) is 2.03. The number of nitriles is 1. The Bertz CT molecular complexity index is 592. The van der Waals surface area contributed by atoms with Crippen molar-refractivity contribution in [3.05, 3.63) is 56.1 Å². The van der Waals surface area contributed by atoms with E-state index in [0.29, 0.717) is 11.3 Å². The maximum Gasteiger partial charge on any atom is 0.129 e. The zero-order chi connectivity index (χ0) is 12.3. The van der Waals surface area contributed by atoms with Crippen LogP contribution in [-0.4, -0.2) is 0 Å². The van der Waals surface area contributed by atoms with Crippen LogP contribution in [0.5, 0.6) is 11.5 Å². The van der Waals surface area contributed by atoms with E-state index >= 15 is 0 Å².